The van der Waals surface area contributed by atoms with Crippen molar-refractivity contribution in [1.29, 1.82) is 0 Å². The van der Waals surface area contributed by atoms with Crippen molar-refractivity contribution >= 4 is 11.7 Å². The molecule has 1 aliphatic rings. The van der Waals surface area contributed by atoms with Crippen LogP contribution < -0.4 is 10.9 Å². The molecule has 1 aromatic carbocycles. The first-order chi connectivity index (χ1) is 11.3. The van der Waals surface area contributed by atoms with Crippen LogP contribution in [0.25, 0.3) is 0 Å². The number of nitrogens with zero attached hydrogens (tertiary/aromatic N) is 2. The van der Waals surface area contributed by atoms with Crippen LogP contribution in [0, 0.1) is 10.1 Å². The lowest BCUT2D eigenvalue weighted by atomic mass is 9.83. The van der Waals surface area contributed by atoms with Gasteiger partial charge in [0, 0.05) is 11.0 Å². The largest absolute Gasteiger partial charge is 0.508 e. The van der Waals surface area contributed by atoms with Gasteiger partial charge in [0.05, 0.1) is 11.5 Å². The van der Waals surface area contributed by atoms with Crippen LogP contribution in [0.1, 0.15) is 36.9 Å². The van der Waals surface area contributed by atoms with E-state index in [4.69, 9.17) is 0 Å². The fourth-order valence-electron chi connectivity index (χ4n) is 3.01. The maximum atomic E-state index is 12.4. The summed E-state index contributed by atoms with van der Waals surface area (Å²) in [5, 5.41) is 26.0. The summed E-state index contributed by atoms with van der Waals surface area (Å²) in [5.41, 5.74) is 0.0805. The van der Waals surface area contributed by atoms with Gasteiger partial charge in [-0.15, -0.1) is 0 Å². The smallest absolute Gasteiger partial charge is 0.301 e. The van der Waals surface area contributed by atoms with Gasteiger partial charge in [-0.2, -0.15) is 0 Å². The van der Waals surface area contributed by atoms with Crippen LogP contribution in [-0.2, 0) is 4.79 Å². The summed E-state index contributed by atoms with van der Waals surface area (Å²) in [7, 11) is 0. The number of anilines is 1. The first kappa shape index (κ1) is 15.8. The van der Waals surface area contributed by atoms with Gasteiger partial charge in [-0.3, -0.25) is 29.5 Å². The average Bonchev–Trinajstić information content (AvgIpc) is 2.83. The van der Waals surface area contributed by atoms with Gasteiger partial charge in [0.25, 0.3) is 5.56 Å². The first-order valence-electron chi connectivity index (χ1n) is 7.39. The number of aromatic nitrogens is 2. The number of H-pyrrole nitrogens is 1. The fourth-order valence-corrected chi connectivity index (χ4v) is 3.01. The van der Waals surface area contributed by atoms with Crippen molar-refractivity contribution in [3.8, 4) is 5.75 Å². The molecule has 0 saturated heterocycles. The van der Waals surface area contributed by atoms with Crippen LogP contribution in [0.5, 0.6) is 5.75 Å². The number of benzene rings is 1. The summed E-state index contributed by atoms with van der Waals surface area (Å²) in [5.74, 6) is -1.58. The Morgan fingerprint density at radius 2 is 1.88 bits per heavy atom. The molecule has 2 atom stereocenters. The summed E-state index contributed by atoms with van der Waals surface area (Å²) in [4.78, 5) is 35.5. The van der Waals surface area contributed by atoms with E-state index in [0.717, 1.165) is 0 Å². The summed E-state index contributed by atoms with van der Waals surface area (Å²) in [6.45, 7) is 3.63. The van der Waals surface area contributed by atoms with Crippen molar-refractivity contribution in [3.05, 3.63) is 55.9 Å². The Bertz CT molecular complexity index is 865. The lowest BCUT2D eigenvalue weighted by Crippen LogP contribution is -2.45. The van der Waals surface area contributed by atoms with Gasteiger partial charge in [-0.1, -0.05) is 12.1 Å². The van der Waals surface area contributed by atoms with Crippen molar-refractivity contribution in [1.82, 2.24) is 9.78 Å². The maximum absolute atomic E-state index is 12.4. The van der Waals surface area contributed by atoms with Gasteiger partial charge >= 0.3 is 11.9 Å². The van der Waals surface area contributed by atoms with Crippen molar-refractivity contribution in [2.75, 3.05) is 5.32 Å². The lowest BCUT2D eigenvalue weighted by molar-refractivity contribution is -0.509. The molecular formula is C15H16N4O5. The summed E-state index contributed by atoms with van der Waals surface area (Å²) >= 11 is 0. The number of carbonyl (C=O) groups is 1. The topological polar surface area (TPSA) is 130 Å². The van der Waals surface area contributed by atoms with Crippen LogP contribution in [0.3, 0.4) is 0 Å². The number of aromatic amines is 1. The number of fused-ring (bicyclic) bond motifs is 1. The number of aromatic hydroxyl groups is 1. The fraction of sp³-hybridized carbons (Fsp3) is 0.333. The van der Waals surface area contributed by atoms with E-state index in [1.807, 2.05) is 13.8 Å². The van der Waals surface area contributed by atoms with Crippen LogP contribution >= 0.6 is 0 Å². The molecule has 1 aliphatic heterocycles. The number of hydrogen-bond acceptors (Lipinski definition) is 5. The lowest BCUT2D eigenvalue weighted by Gasteiger charge is -2.26. The van der Waals surface area contributed by atoms with E-state index in [1.54, 1.807) is 0 Å². The molecule has 1 amide bonds. The standard InChI is InChI=1S/C15H16N4O5/c1-7(2)18-13-11(14(21)17-18)10(8-3-5-9(20)6-4-8)12(19(23)24)15(22)16-13/h3-7,10,12,20H,1-2H3,(H,16,22)(H,17,21)/t10-,12-/m1/s1. The number of nitrogens with one attached hydrogen (secondary N) is 2. The van der Waals surface area contributed by atoms with Gasteiger partial charge in [-0.25, -0.2) is 0 Å². The number of carbonyl (C=O) groups excluding carboxylic acids is 1. The monoisotopic (exact) mass is 332 g/mol. The second-order valence-electron chi connectivity index (χ2n) is 5.96. The Morgan fingerprint density at radius 1 is 1.25 bits per heavy atom. The van der Waals surface area contributed by atoms with E-state index >= 15 is 0 Å². The van der Waals surface area contributed by atoms with Crippen LogP contribution in [0.15, 0.2) is 29.1 Å². The zero-order chi connectivity index (χ0) is 17.6. The predicted octanol–water partition coefficient (Wildman–Crippen LogP) is 1.19. The number of amides is 1. The van der Waals surface area contributed by atoms with Crippen molar-refractivity contribution < 1.29 is 14.8 Å². The molecule has 0 bridgehead atoms. The third-order valence-electron chi connectivity index (χ3n) is 4.10. The molecule has 9 heteroatoms. The molecule has 3 N–H and O–H groups in total. The highest BCUT2D eigenvalue weighted by atomic mass is 16.6. The van der Waals surface area contributed by atoms with Gasteiger partial charge < -0.3 is 10.4 Å². The molecule has 0 radical (unpaired) electrons. The van der Waals surface area contributed by atoms with Crippen LogP contribution in [-0.4, -0.2) is 31.8 Å². The Balaban J connectivity index is 2.27. The summed E-state index contributed by atoms with van der Waals surface area (Å²) in [6.07, 6.45) is 0. The van der Waals surface area contributed by atoms with Gasteiger partial charge in [0.1, 0.15) is 11.6 Å². The van der Waals surface area contributed by atoms with E-state index in [1.165, 1.54) is 28.9 Å². The van der Waals surface area contributed by atoms with Gasteiger partial charge in [-0.05, 0) is 31.5 Å². The quantitative estimate of drug-likeness (QED) is 0.574. The number of nitro groups is 1. The highest BCUT2D eigenvalue weighted by molar-refractivity contribution is 5.97. The van der Waals surface area contributed by atoms with E-state index < -0.39 is 28.3 Å². The second kappa shape index (κ2) is 5.52. The Hall–Kier alpha value is -3.10. The molecule has 3 rings (SSSR count). The summed E-state index contributed by atoms with van der Waals surface area (Å²) < 4.78 is 1.49. The Morgan fingerprint density at radius 3 is 2.42 bits per heavy atom. The molecular weight excluding hydrogens is 316 g/mol. The molecule has 9 nitrogen and oxygen atoms in total. The van der Waals surface area contributed by atoms with E-state index in [-0.39, 0.29) is 23.2 Å². The van der Waals surface area contributed by atoms with E-state index in [9.17, 15) is 24.8 Å². The molecule has 2 heterocycles. The SMILES string of the molecule is CC(C)n1[nH]c(=O)c2c1NC(=O)[C@H]([N+](=O)[O-])[C@@H]2c1ccc(O)cc1. The zero-order valence-electron chi connectivity index (χ0n) is 13.0. The average molecular weight is 332 g/mol. The molecule has 0 saturated carbocycles. The minimum absolute atomic E-state index is 0.00875. The number of phenols is 1. The maximum Gasteiger partial charge on any atom is 0.301 e. The molecule has 126 valence electrons. The molecule has 0 aliphatic carbocycles. The minimum Gasteiger partial charge on any atom is -0.508 e. The zero-order valence-corrected chi connectivity index (χ0v) is 13.0. The molecule has 24 heavy (non-hydrogen) atoms. The van der Waals surface area contributed by atoms with E-state index in [2.05, 4.69) is 10.4 Å². The van der Waals surface area contributed by atoms with Crippen LogP contribution in [0.4, 0.5) is 5.82 Å². The first-order valence-corrected chi connectivity index (χ1v) is 7.39. The van der Waals surface area contributed by atoms with Gasteiger partial charge in [0.2, 0.25) is 0 Å². The van der Waals surface area contributed by atoms with Crippen LogP contribution in [0.2, 0.25) is 0 Å². The highest BCUT2D eigenvalue weighted by Gasteiger charge is 2.48. The van der Waals surface area contributed by atoms with E-state index in [0.29, 0.717) is 5.56 Å². The second-order valence-corrected chi connectivity index (χ2v) is 5.96. The van der Waals surface area contributed by atoms with Crippen molar-refractivity contribution in [2.45, 2.75) is 31.8 Å². The molecule has 0 spiro atoms. The predicted molar refractivity (Wildman–Crippen MR) is 84.8 cm³/mol. The van der Waals surface area contributed by atoms with Crippen molar-refractivity contribution in [3.63, 3.8) is 0 Å². The minimum atomic E-state index is -1.62. The third-order valence-corrected chi connectivity index (χ3v) is 4.10. The molecule has 0 unspecified atom stereocenters. The summed E-state index contributed by atoms with van der Waals surface area (Å²) in [6, 6.07) is 3.93. The third kappa shape index (κ3) is 2.34. The van der Waals surface area contributed by atoms with Crippen molar-refractivity contribution in [2.24, 2.45) is 0 Å². The van der Waals surface area contributed by atoms with Gasteiger partial charge in [0.15, 0.2) is 0 Å². The number of hydrogen-bond donors (Lipinski definition) is 3. The normalized spacial score (nSPS) is 19.9. The Labute approximate surface area is 136 Å². The molecule has 0 fully saturated rings. The Kier molecular flexibility index (Phi) is 3.63. The number of rotatable bonds is 3. The molecule has 1 aromatic heterocycles. The highest BCUT2D eigenvalue weighted by Crippen LogP contribution is 2.37. The number of phenolic OH excluding ortho intramolecular Hbond substituents is 1. The molecule has 2 aromatic rings.